The number of halogens is 1. The minimum Gasteiger partial charge on any atom is -0.438 e. The van der Waals surface area contributed by atoms with Crippen molar-refractivity contribution in [1.82, 2.24) is 29.2 Å². The minimum absolute atomic E-state index is 0.0558. The van der Waals surface area contributed by atoms with Crippen LogP contribution in [0.4, 0.5) is 15.4 Å². The Balaban J connectivity index is 1.09. The molecule has 326 valence electrons. The van der Waals surface area contributed by atoms with Crippen LogP contribution < -0.4 is 4.90 Å². The number of aryl methyl sites for hydroxylation is 2. The number of piperazine rings is 2. The number of aliphatic imine (C=N–C) groups is 2. The molecule has 4 heterocycles. The van der Waals surface area contributed by atoms with Crippen LogP contribution in [0, 0.1) is 19.8 Å². The standard InChI is InChI=1S/C47H62ClN9O4/c1-13-19-50-38(15-3)37(14-2)41(33(8)49-16-4)34(9)53-20-22-54(23-21-53)44(58)60-46(11)35(10)47(46,12)61-45(59)55-24-25-56(32(7)28-55)42-40-31(6)27-57(43(40)52-29-51-42)39-26-36(48)18-17-30(39)5/h13-14,16-19,26-27,29,32,35H,4,15,20-25,28H2,1-3,5-12H3/b19-13-,37-14-,41-34-,49-33?,50-38-. The minimum atomic E-state index is -0.982. The summed E-state index contributed by atoms with van der Waals surface area (Å²) in [5, 5.41) is 1.62. The van der Waals surface area contributed by atoms with Gasteiger partial charge in [0.1, 0.15) is 17.8 Å². The first-order valence-corrected chi connectivity index (χ1v) is 21.7. The third-order valence-electron chi connectivity index (χ3n) is 13.1. The second-order valence-corrected chi connectivity index (χ2v) is 17.1. The number of fused-ring (bicyclic) bond motifs is 1. The Morgan fingerprint density at radius 1 is 0.934 bits per heavy atom. The van der Waals surface area contributed by atoms with Crippen molar-refractivity contribution >= 4 is 52.1 Å². The summed E-state index contributed by atoms with van der Waals surface area (Å²) in [7, 11) is 0. The highest BCUT2D eigenvalue weighted by Gasteiger charge is 2.76. The van der Waals surface area contributed by atoms with E-state index in [0.717, 1.165) is 68.4 Å². The second-order valence-electron chi connectivity index (χ2n) is 16.6. The Morgan fingerprint density at radius 2 is 1.57 bits per heavy atom. The van der Waals surface area contributed by atoms with Crippen molar-refractivity contribution in [3.63, 3.8) is 0 Å². The van der Waals surface area contributed by atoms with E-state index in [-0.39, 0.29) is 12.0 Å². The van der Waals surface area contributed by atoms with Crippen LogP contribution >= 0.6 is 11.6 Å². The van der Waals surface area contributed by atoms with Crippen LogP contribution in [0.2, 0.25) is 5.02 Å². The molecule has 13 nitrogen and oxygen atoms in total. The van der Waals surface area contributed by atoms with Gasteiger partial charge in [-0.2, -0.15) is 0 Å². The first kappa shape index (κ1) is 45.1. The van der Waals surface area contributed by atoms with Gasteiger partial charge in [0.15, 0.2) is 11.2 Å². The molecule has 14 heteroatoms. The zero-order valence-electron chi connectivity index (χ0n) is 37.8. The third-order valence-corrected chi connectivity index (χ3v) is 13.3. The van der Waals surface area contributed by atoms with Gasteiger partial charge in [-0.05, 0) is 92.0 Å². The van der Waals surface area contributed by atoms with E-state index in [9.17, 15) is 9.59 Å². The molecule has 0 radical (unpaired) electrons. The lowest BCUT2D eigenvalue weighted by Crippen LogP contribution is -2.55. The molecule has 4 unspecified atom stereocenters. The van der Waals surface area contributed by atoms with E-state index in [1.807, 2.05) is 72.0 Å². The number of aromatic nitrogens is 3. The summed E-state index contributed by atoms with van der Waals surface area (Å²) in [5.74, 6) is 0.629. The first-order valence-electron chi connectivity index (χ1n) is 21.3. The predicted octanol–water partition coefficient (Wildman–Crippen LogP) is 9.47. The Hall–Kier alpha value is -5.43. The number of hydrogen-bond donors (Lipinski definition) is 0. The van der Waals surface area contributed by atoms with Crippen LogP contribution in [0.1, 0.15) is 79.9 Å². The third kappa shape index (κ3) is 8.58. The first-order chi connectivity index (χ1) is 29.0. The zero-order valence-corrected chi connectivity index (χ0v) is 38.5. The highest BCUT2D eigenvalue weighted by molar-refractivity contribution is 6.30. The highest BCUT2D eigenvalue weighted by Crippen LogP contribution is 2.59. The molecule has 3 aromatic rings. The van der Waals surface area contributed by atoms with E-state index in [0.29, 0.717) is 50.8 Å². The van der Waals surface area contributed by atoms with Gasteiger partial charge in [0.05, 0.1) is 11.1 Å². The van der Waals surface area contributed by atoms with Crippen LogP contribution in [-0.2, 0) is 9.47 Å². The van der Waals surface area contributed by atoms with Gasteiger partial charge in [0, 0.05) is 110 Å². The fourth-order valence-electron chi connectivity index (χ4n) is 8.96. The van der Waals surface area contributed by atoms with Gasteiger partial charge >= 0.3 is 12.2 Å². The molecule has 61 heavy (non-hydrogen) atoms. The van der Waals surface area contributed by atoms with Crippen LogP contribution in [0.5, 0.6) is 0 Å². The SMILES string of the molecule is C=CN=C(C)C(/C(=C\C)C(/CC)=N\C=C/C)=C(\C)N1CCN(C(=O)OC2(C)C(C)C2(C)OC(=O)N2CCN(c3ncnc4c3c(C)cn4-c3cc(Cl)ccc3C)C(C)C2)CC1. The molecule has 0 spiro atoms. The molecule has 3 aliphatic rings. The summed E-state index contributed by atoms with van der Waals surface area (Å²) in [4.78, 5) is 54.3. The molecule has 4 atom stereocenters. The lowest BCUT2D eigenvalue weighted by atomic mass is 9.93. The maximum absolute atomic E-state index is 13.8. The quantitative estimate of drug-likeness (QED) is 0.138. The van der Waals surface area contributed by atoms with Crippen molar-refractivity contribution < 1.29 is 19.1 Å². The number of carbonyl (C=O) groups excluding carboxylic acids is 2. The lowest BCUT2D eigenvalue weighted by Gasteiger charge is -2.40. The molecule has 0 bridgehead atoms. The molecule has 6 rings (SSSR count). The Labute approximate surface area is 366 Å². The molecule has 2 aromatic heterocycles. The smallest absolute Gasteiger partial charge is 0.410 e. The number of rotatable bonds is 11. The second kappa shape index (κ2) is 18.3. The predicted molar refractivity (Wildman–Crippen MR) is 246 cm³/mol. The summed E-state index contributed by atoms with van der Waals surface area (Å²) in [5.41, 5.74) is 6.86. The summed E-state index contributed by atoms with van der Waals surface area (Å²) in [6, 6.07) is 5.78. The molecule has 3 fully saturated rings. The molecule has 2 saturated heterocycles. The molecule has 0 N–H and O–H groups in total. The number of ether oxygens (including phenoxy) is 2. The Morgan fingerprint density at radius 3 is 2.18 bits per heavy atom. The van der Waals surface area contributed by atoms with E-state index in [1.165, 1.54) is 0 Å². The molecule has 2 aliphatic heterocycles. The normalized spacial score (nSPS) is 24.4. The Kier molecular flexibility index (Phi) is 13.5. The average molecular weight is 853 g/mol. The molecular formula is C47H62ClN9O4. The van der Waals surface area contributed by atoms with E-state index in [1.54, 1.807) is 22.3 Å². The van der Waals surface area contributed by atoms with E-state index < -0.39 is 23.4 Å². The fraction of sp³-hybridized carbons (Fsp3) is 0.489. The van der Waals surface area contributed by atoms with Gasteiger partial charge < -0.3 is 33.6 Å². The molecule has 1 saturated carbocycles. The van der Waals surface area contributed by atoms with Crippen LogP contribution in [-0.4, -0.2) is 116 Å². The summed E-state index contributed by atoms with van der Waals surface area (Å²) >= 11 is 6.39. The Bertz CT molecular complexity index is 2340. The van der Waals surface area contributed by atoms with Gasteiger partial charge in [-0.25, -0.2) is 19.6 Å². The van der Waals surface area contributed by atoms with Crippen molar-refractivity contribution in [2.75, 3.05) is 50.7 Å². The van der Waals surface area contributed by atoms with Crippen LogP contribution in [0.25, 0.3) is 16.7 Å². The van der Waals surface area contributed by atoms with Crippen molar-refractivity contribution in [3.05, 3.63) is 94.8 Å². The maximum Gasteiger partial charge on any atom is 0.410 e. The summed E-state index contributed by atoms with van der Waals surface area (Å²) in [6.07, 6.45) is 11.0. The van der Waals surface area contributed by atoms with Crippen molar-refractivity contribution in [3.8, 4) is 5.69 Å². The largest absolute Gasteiger partial charge is 0.438 e. The number of allylic oxidation sites excluding steroid dienone is 5. The van der Waals surface area contributed by atoms with Gasteiger partial charge in [-0.15, -0.1) is 0 Å². The van der Waals surface area contributed by atoms with E-state index >= 15 is 0 Å². The number of anilines is 1. The number of amides is 2. The van der Waals surface area contributed by atoms with E-state index in [2.05, 4.69) is 77.8 Å². The number of carbonyl (C=O) groups is 2. The molecule has 1 aromatic carbocycles. The number of nitrogens with zero attached hydrogens (tertiary/aromatic N) is 9. The monoisotopic (exact) mass is 851 g/mol. The number of hydrogen-bond acceptors (Lipinski definition) is 10. The van der Waals surface area contributed by atoms with Crippen LogP contribution in [0.15, 0.2) is 88.7 Å². The molecule has 2 amide bonds. The van der Waals surface area contributed by atoms with Crippen molar-refractivity contribution in [1.29, 1.82) is 0 Å². The lowest BCUT2D eigenvalue weighted by molar-refractivity contribution is -0.0193. The fourth-order valence-corrected chi connectivity index (χ4v) is 9.13. The van der Waals surface area contributed by atoms with Gasteiger partial charge in [-0.1, -0.05) is 50.2 Å². The van der Waals surface area contributed by atoms with Gasteiger partial charge in [0.2, 0.25) is 0 Å². The molecule has 1 aliphatic carbocycles. The average Bonchev–Trinajstić information content (AvgIpc) is 3.45. The zero-order chi connectivity index (χ0) is 44.4. The summed E-state index contributed by atoms with van der Waals surface area (Å²) in [6.45, 7) is 29.5. The highest BCUT2D eigenvalue weighted by atomic mass is 35.5. The number of benzene rings is 1. The summed E-state index contributed by atoms with van der Waals surface area (Å²) < 4.78 is 14.5. The van der Waals surface area contributed by atoms with Crippen molar-refractivity contribution in [2.24, 2.45) is 15.9 Å². The van der Waals surface area contributed by atoms with E-state index in [4.69, 9.17) is 31.1 Å². The van der Waals surface area contributed by atoms with Gasteiger partial charge in [-0.3, -0.25) is 9.98 Å². The van der Waals surface area contributed by atoms with Gasteiger partial charge in [0.25, 0.3) is 0 Å². The molecular weight excluding hydrogens is 790 g/mol. The maximum atomic E-state index is 13.8. The topological polar surface area (TPSA) is 121 Å². The van der Waals surface area contributed by atoms with Crippen LogP contribution in [0.3, 0.4) is 0 Å². The van der Waals surface area contributed by atoms with Crippen molar-refractivity contribution in [2.45, 2.75) is 99.8 Å².